The summed E-state index contributed by atoms with van der Waals surface area (Å²) in [7, 11) is 0. The molecule has 2 unspecified atom stereocenters. The van der Waals surface area contributed by atoms with Gasteiger partial charge in [-0.25, -0.2) is 0 Å². The summed E-state index contributed by atoms with van der Waals surface area (Å²) in [5.74, 6) is 0.299. The fourth-order valence-corrected chi connectivity index (χ4v) is 3.39. The van der Waals surface area contributed by atoms with Gasteiger partial charge in [0.15, 0.2) is 0 Å². The largest absolute Gasteiger partial charge is 0.392 e. The molecule has 0 saturated heterocycles. The molecule has 0 bridgehead atoms. The second-order valence-corrected chi connectivity index (χ2v) is 5.96. The lowest BCUT2D eigenvalue weighted by Gasteiger charge is -2.34. The smallest absolute Gasteiger partial charge is 0.0652 e. The maximum Gasteiger partial charge on any atom is 0.0652 e. The van der Waals surface area contributed by atoms with E-state index in [-0.39, 0.29) is 6.10 Å². The van der Waals surface area contributed by atoms with Crippen molar-refractivity contribution in [3.63, 3.8) is 0 Å². The van der Waals surface area contributed by atoms with Crippen LogP contribution in [0.3, 0.4) is 0 Å². The second-order valence-electron chi connectivity index (χ2n) is 5.96. The molecular weight excluding hydrogens is 256 g/mol. The number of benzene rings is 3. The number of hydrogen-bond acceptors (Lipinski definition) is 1. The van der Waals surface area contributed by atoms with Gasteiger partial charge in [0, 0.05) is 5.92 Å². The van der Waals surface area contributed by atoms with E-state index in [9.17, 15) is 5.11 Å². The van der Waals surface area contributed by atoms with Crippen molar-refractivity contribution in [2.75, 3.05) is 0 Å². The van der Waals surface area contributed by atoms with E-state index in [1.807, 2.05) is 0 Å². The van der Waals surface area contributed by atoms with E-state index in [1.54, 1.807) is 0 Å². The van der Waals surface area contributed by atoms with E-state index < -0.39 is 0 Å². The van der Waals surface area contributed by atoms with Crippen LogP contribution < -0.4 is 0 Å². The molecule has 0 radical (unpaired) electrons. The number of aliphatic hydroxyl groups is 1. The molecule has 1 aliphatic carbocycles. The van der Waals surface area contributed by atoms with Crippen LogP contribution in [0.4, 0.5) is 0 Å². The van der Waals surface area contributed by atoms with E-state index >= 15 is 0 Å². The SMILES string of the molecule is OC(Cc1ccc2ccccc2c1)C1Cc2ccccc21. The summed E-state index contributed by atoms with van der Waals surface area (Å²) in [4.78, 5) is 0. The van der Waals surface area contributed by atoms with Gasteiger partial charge in [0.1, 0.15) is 0 Å². The zero-order valence-corrected chi connectivity index (χ0v) is 11.9. The Bertz CT molecular complexity index is 790. The van der Waals surface area contributed by atoms with Crippen molar-refractivity contribution in [1.82, 2.24) is 0 Å². The lowest BCUT2D eigenvalue weighted by molar-refractivity contribution is 0.133. The molecule has 0 heterocycles. The van der Waals surface area contributed by atoms with Crippen molar-refractivity contribution in [3.8, 4) is 0 Å². The average Bonchev–Trinajstić information content (AvgIpc) is 2.48. The molecule has 0 amide bonds. The summed E-state index contributed by atoms with van der Waals surface area (Å²) >= 11 is 0. The first-order valence-electron chi connectivity index (χ1n) is 7.55. The molecule has 4 rings (SSSR count). The highest BCUT2D eigenvalue weighted by Crippen LogP contribution is 2.38. The molecule has 0 spiro atoms. The van der Waals surface area contributed by atoms with Crippen molar-refractivity contribution in [2.24, 2.45) is 0 Å². The van der Waals surface area contributed by atoms with Gasteiger partial charge in [0.05, 0.1) is 6.10 Å². The topological polar surface area (TPSA) is 20.2 Å². The summed E-state index contributed by atoms with van der Waals surface area (Å²) in [6, 6.07) is 23.3. The molecule has 0 aliphatic heterocycles. The molecule has 1 aliphatic rings. The van der Waals surface area contributed by atoms with Gasteiger partial charge in [0.25, 0.3) is 0 Å². The van der Waals surface area contributed by atoms with Crippen LogP contribution in [0.15, 0.2) is 66.7 Å². The highest BCUT2D eigenvalue weighted by Gasteiger charge is 2.31. The van der Waals surface area contributed by atoms with Gasteiger partial charge >= 0.3 is 0 Å². The Balaban J connectivity index is 1.55. The monoisotopic (exact) mass is 274 g/mol. The number of aliphatic hydroxyl groups excluding tert-OH is 1. The fraction of sp³-hybridized carbons (Fsp3) is 0.200. The first kappa shape index (κ1) is 12.6. The minimum absolute atomic E-state index is 0.291. The molecule has 3 aromatic rings. The Labute approximate surface area is 124 Å². The van der Waals surface area contributed by atoms with Crippen LogP contribution >= 0.6 is 0 Å². The summed E-state index contributed by atoms with van der Waals surface area (Å²) < 4.78 is 0. The first-order valence-corrected chi connectivity index (χ1v) is 7.55. The second kappa shape index (κ2) is 5.01. The molecule has 0 fully saturated rings. The van der Waals surface area contributed by atoms with E-state index in [0.717, 1.165) is 12.8 Å². The third-order valence-electron chi connectivity index (χ3n) is 4.62. The molecule has 0 saturated carbocycles. The van der Waals surface area contributed by atoms with Crippen molar-refractivity contribution >= 4 is 10.8 Å². The van der Waals surface area contributed by atoms with Gasteiger partial charge in [-0.15, -0.1) is 0 Å². The molecular formula is C20H18O. The summed E-state index contributed by atoms with van der Waals surface area (Å²) in [5, 5.41) is 13.0. The zero-order chi connectivity index (χ0) is 14.2. The third kappa shape index (κ3) is 2.24. The van der Waals surface area contributed by atoms with Crippen LogP contribution in [-0.2, 0) is 12.8 Å². The summed E-state index contributed by atoms with van der Waals surface area (Å²) in [6.07, 6.45) is 1.44. The minimum Gasteiger partial charge on any atom is -0.392 e. The van der Waals surface area contributed by atoms with Crippen LogP contribution in [-0.4, -0.2) is 11.2 Å². The summed E-state index contributed by atoms with van der Waals surface area (Å²) in [6.45, 7) is 0. The van der Waals surface area contributed by atoms with E-state index in [4.69, 9.17) is 0 Å². The standard InChI is InChI=1S/C20H18O/c21-20(19-13-17-7-3-4-8-18(17)19)12-14-9-10-15-5-1-2-6-16(15)11-14/h1-11,19-21H,12-13H2. The molecule has 21 heavy (non-hydrogen) atoms. The average molecular weight is 274 g/mol. The lowest BCUT2D eigenvalue weighted by atomic mass is 9.73. The predicted octanol–water partition coefficient (Wildman–Crippen LogP) is 4.08. The van der Waals surface area contributed by atoms with Gasteiger partial charge in [0.2, 0.25) is 0 Å². The van der Waals surface area contributed by atoms with Crippen LogP contribution in [0, 0.1) is 0 Å². The van der Waals surface area contributed by atoms with Crippen molar-refractivity contribution in [2.45, 2.75) is 24.9 Å². The highest BCUT2D eigenvalue weighted by atomic mass is 16.3. The maximum atomic E-state index is 10.5. The third-order valence-corrected chi connectivity index (χ3v) is 4.62. The normalized spacial score (nSPS) is 18.0. The van der Waals surface area contributed by atoms with Gasteiger partial charge < -0.3 is 5.11 Å². The van der Waals surface area contributed by atoms with Gasteiger partial charge in [-0.3, -0.25) is 0 Å². The quantitative estimate of drug-likeness (QED) is 0.763. The maximum absolute atomic E-state index is 10.5. The molecule has 0 aromatic heterocycles. The predicted molar refractivity (Wildman–Crippen MR) is 86.5 cm³/mol. The Hall–Kier alpha value is -2.12. The number of rotatable bonds is 3. The van der Waals surface area contributed by atoms with Crippen LogP contribution in [0.2, 0.25) is 0 Å². The molecule has 1 nitrogen and oxygen atoms in total. The van der Waals surface area contributed by atoms with Crippen LogP contribution in [0.25, 0.3) is 10.8 Å². The van der Waals surface area contributed by atoms with Crippen LogP contribution in [0.5, 0.6) is 0 Å². The van der Waals surface area contributed by atoms with Gasteiger partial charge in [-0.1, -0.05) is 66.7 Å². The zero-order valence-electron chi connectivity index (χ0n) is 11.9. The molecule has 3 aromatic carbocycles. The number of fused-ring (bicyclic) bond motifs is 2. The van der Waals surface area contributed by atoms with Gasteiger partial charge in [-0.05, 0) is 40.3 Å². The van der Waals surface area contributed by atoms with Crippen molar-refractivity contribution < 1.29 is 5.11 Å². The van der Waals surface area contributed by atoms with Crippen molar-refractivity contribution in [3.05, 3.63) is 83.4 Å². The van der Waals surface area contributed by atoms with Crippen LogP contribution in [0.1, 0.15) is 22.6 Å². The lowest BCUT2D eigenvalue weighted by Crippen LogP contribution is -2.30. The Morgan fingerprint density at radius 2 is 1.67 bits per heavy atom. The number of hydrogen-bond donors (Lipinski definition) is 1. The Morgan fingerprint density at radius 1 is 0.905 bits per heavy atom. The first-order chi connectivity index (χ1) is 10.3. The Morgan fingerprint density at radius 3 is 2.52 bits per heavy atom. The molecule has 104 valence electrons. The Kier molecular flexibility index (Phi) is 3.01. The minimum atomic E-state index is -0.291. The van der Waals surface area contributed by atoms with E-state index in [1.165, 1.54) is 27.5 Å². The molecule has 2 atom stereocenters. The fourth-order valence-electron chi connectivity index (χ4n) is 3.39. The molecule has 1 N–H and O–H groups in total. The highest BCUT2D eigenvalue weighted by molar-refractivity contribution is 5.83. The molecule has 1 heteroatoms. The van der Waals surface area contributed by atoms with E-state index in [2.05, 4.69) is 66.7 Å². The summed E-state index contributed by atoms with van der Waals surface area (Å²) in [5.41, 5.74) is 3.93. The van der Waals surface area contributed by atoms with Gasteiger partial charge in [-0.2, -0.15) is 0 Å². The van der Waals surface area contributed by atoms with Crippen molar-refractivity contribution in [1.29, 1.82) is 0 Å². The van der Waals surface area contributed by atoms with E-state index in [0.29, 0.717) is 5.92 Å².